The molecule has 0 saturated carbocycles. The molecule has 5 nitrogen and oxygen atoms in total. The predicted octanol–water partition coefficient (Wildman–Crippen LogP) is 0.468. The summed E-state index contributed by atoms with van der Waals surface area (Å²) in [6, 6.07) is 10.6. The van der Waals surface area contributed by atoms with Gasteiger partial charge in [-0.1, -0.05) is 30.3 Å². The molecule has 1 aromatic carbocycles. The Morgan fingerprint density at radius 1 is 1.47 bits per heavy atom. The smallest absolute Gasteiger partial charge is 0.246 e. The molecule has 5 heteroatoms. The Labute approximate surface area is 111 Å². The maximum Gasteiger partial charge on any atom is 0.246 e. The minimum absolute atomic E-state index is 0.189. The van der Waals surface area contributed by atoms with Crippen molar-refractivity contribution in [2.45, 2.75) is 25.4 Å². The molecule has 0 aliphatic carbocycles. The molecule has 19 heavy (non-hydrogen) atoms. The van der Waals surface area contributed by atoms with Crippen molar-refractivity contribution < 1.29 is 9.59 Å². The van der Waals surface area contributed by atoms with Crippen LogP contribution in [0.15, 0.2) is 30.3 Å². The van der Waals surface area contributed by atoms with Crippen molar-refractivity contribution in [1.29, 1.82) is 5.26 Å². The number of hydrogen-bond acceptors (Lipinski definition) is 3. The Morgan fingerprint density at radius 3 is 2.68 bits per heavy atom. The van der Waals surface area contributed by atoms with Gasteiger partial charge in [-0.3, -0.25) is 9.59 Å². The lowest BCUT2D eigenvalue weighted by Gasteiger charge is -2.17. The minimum Gasteiger partial charge on any atom is -0.344 e. The number of carbonyl (C=O) groups excluding carboxylic acids is 2. The van der Waals surface area contributed by atoms with E-state index in [0.29, 0.717) is 13.0 Å². The van der Waals surface area contributed by atoms with Gasteiger partial charge in [0.15, 0.2) is 0 Å². The first-order valence-corrected chi connectivity index (χ1v) is 6.13. The van der Waals surface area contributed by atoms with E-state index in [1.165, 1.54) is 11.8 Å². The lowest BCUT2D eigenvalue weighted by atomic mass is 10.1. The van der Waals surface area contributed by atoms with Gasteiger partial charge in [0.1, 0.15) is 12.1 Å². The summed E-state index contributed by atoms with van der Waals surface area (Å²) < 4.78 is 0. The first-order chi connectivity index (χ1) is 9.11. The summed E-state index contributed by atoms with van der Waals surface area (Å²) in [5, 5.41) is 11.4. The molecular weight excluding hydrogens is 242 g/mol. The van der Waals surface area contributed by atoms with Crippen LogP contribution in [-0.4, -0.2) is 35.3 Å². The summed E-state index contributed by atoms with van der Waals surface area (Å²) in [7, 11) is 0. The Hall–Kier alpha value is -2.35. The largest absolute Gasteiger partial charge is 0.344 e. The molecule has 1 saturated heterocycles. The Morgan fingerprint density at radius 2 is 2.16 bits per heavy atom. The van der Waals surface area contributed by atoms with Crippen LogP contribution in [-0.2, 0) is 16.0 Å². The summed E-state index contributed by atoms with van der Waals surface area (Å²) in [6.07, 6.45) is 0.438. The molecule has 2 rings (SSSR count). The Bertz CT molecular complexity index is 521. The molecule has 1 N–H and O–H groups in total. The molecule has 0 spiro atoms. The first-order valence-electron chi connectivity index (χ1n) is 6.13. The van der Waals surface area contributed by atoms with Gasteiger partial charge in [0.05, 0.1) is 12.6 Å². The van der Waals surface area contributed by atoms with Gasteiger partial charge in [-0.2, -0.15) is 5.26 Å². The van der Waals surface area contributed by atoms with Gasteiger partial charge in [0.25, 0.3) is 0 Å². The highest BCUT2D eigenvalue weighted by Crippen LogP contribution is 2.19. The third-order valence-corrected chi connectivity index (χ3v) is 3.00. The standard InChI is InChI=1S/C14H15N3O2/c1-10(18)16-13(7-11-5-3-2-4-6-11)14(19)17-9-12(17)8-15/h2-6,12-13H,7,9H2,1H3,(H,16,18). The molecule has 0 bridgehead atoms. The minimum atomic E-state index is -0.599. The van der Waals surface area contributed by atoms with Crippen LogP contribution in [0.25, 0.3) is 0 Å². The summed E-state index contributed by atoms with van der Waals surface area (Å²) in [4.78, 5) is 24.8. The second-order valence-electron chi connectivity index (χ2n) is 4.58. The molecule has 1 heterocycles. The lowest BCUT2D eigenvalue weighted by molar-refractivity contribution is -0.131. The zero-order valence-electron chi connectivity index (χ0n) is 10.7. The van der Waals surface area contributed by atoms with Crippen molar-refractivity contribution in [2.24, 2.45) is 0 Å². The zero-order valence-corrected chi connectivity index (χ0v) is 10.7. The first kappa shape index (κ1) is 13.1. The number of benzene rings is 1. The molecule has 1 fully saturated rings. The Kier molecular flexibility index (Phi) is 3.81. The maximum atomic E-state index is 12.2. The molecule has 1 aliphatic heterocycles. The second-order valence-corrected chi connectivity index (χ2v) is 4.58. The fraction of sp³-hybridized carbons (Fsp3) is 0.357. The van der Waals surface area contributed by atoms with Crippen molar-refractivity contribution in [2.75, 3.05) is 6.54 Å². The number of nitrogens with zero attached hydrogens (tertiary/aromatic N) is 2. The number of nitrogens with one attached hydrogen (secondary N) is 1. The lowest BCUT2D eigenvalue weighted by Crippen LogP contribution is -2.44. The molecular formula is C14H15N3O2. The fourth-order valence-electron chi connectivity index (χ4n) is 1.99. The van der Waals surface area contributed by atoms with Crippen LogP contribution in [0.1, 0.15) is 12.5 Å². The SMILES string of the molecule is CC(=O)NC(Cc1ccccc1)C(=O)N1CC1C#N. The van der Waals surface area contributed by atoms with E-state index in [2.05, 4.69) is 5.32 Å². The van der Waals surface area contributed by atoms with Crippen molar-refractivity contribution in [1.82, 2.24) is 10.2 Å². The van der Waals surface area contributed by atoms with Gasteiger partial charge in [0.2, 0.25) is 11.8 Å². The number of hydrogen-bond donors (Lipinski definition) is 1. The van der Waals surface area contributed by atoms with E-state index in [9.17, 15) is 9.59 Å². The van der Waals surface area contributed by atoms with Crippen LogP contribution >= 0.6 is 0 Å². The monoisotopic (exact) mass is 257 g/mol. The molecule has 98 valence electrons. The summed E-state index contributed by atoms with van der Waals surface area (Å²) >= 11 is 0. The van der Waals surface area contributed by atoms with Crippen LogP contribution < -0.4 is 5.32 Å². The van der Waals surface area contributed by atoms with E-state index in [-0.39, 0.29) is 17.9 Å². The van der Waals surface area contributed by atoms with E-state index in [4.69, 9.17) is 5.26 Å². The van der Waals surface area contributed by atoms with Gasteiger partial charge in [0, 0.05) is 13.3 Å². The molecule has 0 radical (unpaired) electrons. The van der Waals surface area contributed by atoms with Gasteiger partial charge in [-0.15, -0.1) is 0 Å². The maximum absolute atomic E-state index is 12.2. The third-order valence-electron chi connectivity index (χ3n) is 3.00. The van der Waals surface area contributed by atoms with E-state index in [1.54, 1.807) is 0 Å². The van der Waals surface area contributed by atoms with E-state index < -0.39 is 6.04 Å². The molecule has 1 aromatic rings. The van der Waals surface area contributed by atoms with Crippen molar-refractivity contribution in [3.63, 3.8) is 0 Å². The van der Waals surface area contributed by atoms with Gasteiger partial charge in [-0.05, 0) is 5.56 Å². The van der Waals surface area contributed by atoms with Crippen molar-refractivity contribution in [3.05, 3.63) is 35.9 Å². The van der Waals surface area contributed by atoms with E-state index in [1.807, 2.05) is 36.4 Å². The molecule has 2 amide bonds. The number of rotatable bonds is 4. The highest BCUT2D eigenvalue weighted by atomic mass is 16.2. The average molecular weight is 257 g/mol. The van der Waals surface area contributed by atoms with Crippen LogP contribution in [0.5, 0.6) is 0 Å². The summed E-state index contributed by atoms with van der Waals surface area (Å²) in [5.41, 5.74) is 0.977. The Balaban J connectivity index is 2.06. The second kappa shape index (κ2) is 5.53. The number of nitriles is 1. The van der Waals surface area contributed by atoms with Crippen molar-refractivity contribution in [3.8, 4) is 6.07 Å². The highest BCUT2D eigenvalue weighted by molar-refractivity contribution is 5.89. The topological polar surface area (TPSA) is 73.0 Å². The van der Waals surface area contributed by atoms with Crippen molar-refractivity contribution >= 4 is 11.8 Å². The van der Waals surface area contributed by atoms with Crippen LogP contribution in [0, 0.1) is 11.3 Å². The van der Waals surface area contributed by atoms with Gasteiger partial charge < -0.3 is 10.2 Å². The molecule has 1 aliphatic rings. The van der Waals surface area contributed by atoms with Crippen LogP contribution in [0.4, 0.5) is 0 Å². The molecule has 0 aromatic heterocycles. The quantitative estimate of drug-likeness (QED) is 0.797. The van der Waals surface area contributed by atoms with Gasteiger partial charge in [-0.25, -0.2) is 0 Å². The number of amides is 2. The predicted molar refractivity (Wildman–Crippen MR) is 68.9 cm³/mol. The van der Waals surface area contributed by atoms with Gasteiger partial charge >= 0.3 is 0 Å². The fourth-order valence-corrected chi connectivity index (χ4v) is 1.99. The van der Waals surface area contributed by atoms with E-state index >= 15 is 0 Å². The van der Waals surface area contributed by atoms with Crippen LogP contribution in [0.2, 0.25) is 0 Å². The van der Waals surface area contributed by atoms with E-state index in [0.717, 1.165) is 5.56 Å². The average Bonchev–Trinajstić information content (AvgIpc) is 3.17. The third kappa shape index (κ3) is 3.32. The summed E-state index contributed by atoms with van der Waals surface area (Å²) in [5.74, 6) is -0.435. The summed E-state index contributed by atoms with van der Waals surface area (Å²) in [6.45, 7) is 1.84. The van der Waals surface area contributed by atoms with Crippen LogP contribution in [0.3, 0.4) is 0 Å². The zero-order chi connectivity index (χ0) is 13.8. The number of carbonyl (C=O) groups is 2. The normalized spacial score (nSPS) is 18.3. The molecule has 2 atom stereocenters. The highest BCUT2D eigenvalue weighted by Gasteiger charge is 2.41. The molecule has 2 unspecified atom stereocenters.